The number of nitrogens with zero attached hydrogens (tertiary/aromatic N) is 2. The minimum atomic E-state index is 0.606. The summed E-state index contributed by atoms with van der Waals surface area (Å²) in [5.74, 6) is 0.630. The highest BCUT2D eigenvalue weighted by Gasteiger charge is 2.12. The molecule has 1 atom stereocenters. The summed E-state index contributed by atoms with van der Waals surface area (Å²) in [6.07, 6.45) is 8.12. The largest absolute Gasteiger partial charge is 0.477 e. The highest BCUT2D eigenvalue weighted by molar-refractivity contribution is 9.10. The summed E-state index contributed by atoms with van der Waals surface area (Å²) >= 11 is 3.36. The first-order chi connectivity index (χ1) is 7.86. The number of nitrogens with one attached hydrogen (secondary N) is 1. The van der Waals surface area contributed by atoms with Gasteiger partial charge in [0.15, 0.2) is 0 Å². The van der Waals surface area contributed by atoms with Crippen molar-refractivity contribution in [2.24, 2.45) is 0 Å². The first kappa shape index (κ1) is 11.8. The fraction of sp³-hybridized carbons (Fsp3) is 0.636. The van der Waals surface area contributed by atoms with E-state index in [2.05, 4.69) is 31.2 Å². The molecule has 1 unspecified atom stereocenters. The number of piperidine rings is 1. The summed E-state index contributed by atoms with van der Waals surface area (Å²) in [7, 11) is 0. The van der Waals surface area contributed by atoms with Crippen molar-refractivity contribution in [3.8, 4) is 5.88 Å². The van der Waals surface area contributed by atoms with Crippen LogP contribution in [0.1, 0.15) is 25.7 Å². The third-order valence-corrected chi connectivity index (χ3v) is 3.30. The van der Waals surface area contributed by atoms with Gasteiger partial charge in [-0.1, -0.05) is 6.42 Å². The van der Waals surface area contributed by atoms with Gasteiger partial charge in [-0.2, -0.15) is 0 Å². The molecule has 0 spiro atoms. The topological polar surface area (TPSA) is 47.0 Å². The van der Waals surface area contributed by atoms with E-state index in [4.69, 9.17) is 4.74 Å². The van der Waals surface area contributed by atoms with Crippen molar-refractivity contribution in [2.45, 2.75) is 31.7 Å². The molecule has 5 heteroatoms. The maximum absolute atomic E-state index is 5.60. The quantitative estimate of drug-likeness (QED) is 0.921. The second-order valence-electron chi connectivity index (χ2n) is 3.96. The number of hydrogen-bond donors (Lipinski definition) is 1. The van der Waals surface area contributed by atoms with E-state index in [1.165, 1.54) is 25.6 Å². The molecule has 0 aromatic carbocycles. The Hall–Kier alpha value is -0.680. The number of rotatable bonds is 4. The first-order valence-corrected chi connectivity index (χ1v) is 6.47. The molecule has 2 rings (SSSR count). The molecule has 1 saturated heterocycles. The predicted molar refractivity (Wildman–Crippen MR) is 65.5 cm³/mol. The Labute approximate surface area is 104 Å². The second-order valence-corrected chi connectivity index (χ2v) is 4.81. The van der Waals surface area contributed by atoms with Crippen LogP contribution in [-0.2, 0) is 0 Å². The molecule has 0 bridgehead atoms. The number of ether oxygens (including phenoxy) is 1. The maximum atomic E-state index is 5.60. The van der Waals surface area contributed by atoms with Gasteiger partial charge in [-0.05, 0) is 41.7 Å². The lowest BCUT2D eigenvalue weighted by molar-refractivity contribution is 0.259. The maximum Gasteiger partial charge on any atom is 0.231 e. The minimum absolute atomic E-state index is 0.606. The van der Waals surface area contributed by atoms with E-state index in [1.54, 1.807) is 6.20 Å². The summed E-state index contributed by atoms with van der Waals surface area (Å²) in [6, 6.07) is 0.606. The molecule has 1 N–H and O–H groups in total. The van der Waals surface area contributed by atoms with Crippen LogP contribution >= 0.6 is 15.9 Å². The third-order valence-electron chi connectivity index (χ3n) is 2.75. The van der Waals surface area contributed by atoms with E-state index in [0.29, 0.717) is 18.5 Å². The molecule has 1 aliphatic heterocycles. The van der Waals surface area contributed by atoms with Crippen LogP contribution in [0.15, 0.2) is 17.0 Å². The fourth-order valence-corrected chi connectivity index (χ4v) is 2.21. The van der Waals surface area contributed by atoms with Crippen molar-refractivity contribution in [1.82, 2.24) is 15.3 Å². The molecule has 0 aliphatic carbocycles. The molecule has 0 amide bonds. The van der Waals surface area contributed by atoms with Crippen LogP contribution in [0.25, 0.3) is 0 Å². The van der Waals surface area contributed by atoms with Gasteiger partial charge in [0.05, 0.1) is 11.1 Å². The van der Waals surface area contributed by atoms with Gasteiger partial charge < -0.3 is 10.1 Å². The Morgan fingerprint density at radius 1 is 1.50 bits per heavy atom. The molecule has 0 saturated carbocycles. The van der Waals surface area contributed by atoms with Gasteiger partial charge in [0.25, 0.3) is 0 Å². The van der Waals surface area contributed by atoms with Gasteiger partial charge >= 0.3 is 0 Å². The number of halogens is 1. The minimum Gasteiger partial charge on any atom is -0.477 e. The Morgan fingerprint density at radius 3 is 3.19 bits per heavy atom. The molecular weight excluding hydrogens is 270 g/mol. The van der Waals surface area contributed by atoms with Crippen molar-refractivity contribution in [3.63, 3.8) is 0 Å². The van der Waals surface area contributed by atoms with Crippen molar-refractivity contribution < 1.29 is 4.74 Å². The average Bonchev–Trinajstić information content (AvgIpc) is 2.33. The molecule has 1 aliphatic rings. The molecule has 4 nitrogen and oxygen atoms in total. The normalized spacial score (nSPS) is 20.7. The SMILES string of the molecule is Brc1cncnc1OCCC1CCCCN1. The van der Waals surface area contributed by atoms with Crippen LogP contribution < -0.4 is 10.1 Å². The summed E-state index contributed by atoms with van der Waals surface area (Å²) in [6.45, 7) is 1.84. The van der Waals surface area contributed by atoms with Crippen LogP contribution in [0.4, 0.5) is 0 Å². The summed E-state index contributed by atoms with van der Waals surface area (Å²) < 4.78 is 6.41. The van der Waals surface area contributed by atoms with Crippen LogP contribution in [0.2, 0.25) is 0 Å². The van der Waals surface area contributed by atoms with Crippen molar-refractivity contribution in [2.75, 3.05) is 13.2 Å². The Kier molecular flexibility index (Phi) is 4.54. The zero-order valence-corrected chi connectivity index (χ0v) is 10.7. The predicted octanol–water partition coefficient (Wildman–Crippen LogP) is 2.15. The zero-order chi connectivity index (χ0) is 11.2. The monoisotopic (exact) mass is 285 g/mol. The van der Waals surface area contributed by atoms with Crippen LogP contribution in [0.5, 0.6) is 5.88 Å². The molecular formula is C11H16BrN3O. The lowest BCUT2D eigenvalue weighted by Gasteiger charge is -2.23. The molecule has 1 fully saturated rings. The van der Waals surface area contributed by atoms with Gasteiger partial charge in [-0.25, -0.2) is 9.97 Å². The Bertz CT molecular complexity index is 329. The van der Waals surface area contributed by atoms with Crippen molar-refractivity contribution in [1.29, 1.82) is 0 Å². The molecule has 1 aromatic rings. The van der Waals surface area contributed by atoms with Crippen LogP contribution in [0, 0.1) is 0 Å². The zero-order valence-electron chi connectivity index (χ0n) is 9.16. The van der Waals surface area contributed by atoms with Gasteiger partial charge in [0.2, 0.25) is 5.88 Å². The summed E-state index contributed by atoms with van der Waals surface area (Å²) in [5.41, 5.74) is 0. The smallest absolute Gasteiger partial charge is 0.231 e. The van der Waals surface area contributed by atoms with Crippen molar-refractivity contribution in [3.05, 3.63) is 17.0 Å². The lowest BCUT2D eigenvalue weighted by Crippen LogP contribution is -2.35. The van der Waals surface area contributed by atoms with Gasteiger partial charge in [-0.15, -0.1) is 0 Å². The number of aromatic nitrogens is 2. The highest BCUT2D eigenvalue weighted by Crippen LogP contribution is 2.20. The molecule has 2 heterocycles. The highest BCUT2D eigenvalue weighted by atomic mass is 79.9. The third kappa shape index (κ3) is 3.42. The van der Waals surface area contributed by atoms with Crippen LogP contribution in [0.3, 0.4) is 0 Å². The number of hydrogen-bond acceptors (Lipinski definition) is 4. The molecule has 0 radical (unpaired) electrons. The summed E-state index contributed by atoms with van der Waals surface area (Å²) in [4.78, 5) is 7.95. The fourth-order valence-electron chi connectivity index (χ4n) is 1.88. The lowest BCUT2D eigenvalue weighted by atomic mass is 10.0. The first-order valence-electron chi connectivity index (χ1n) is 5.68. The van der Waals surface area contributed by atoms with Crippen LogP contribution in [-0.4, -0.2) is 29.2 Å². The molecule has 16 heavy (non-hydrogen) atoms. The van der Waals surface area contributed by atoms with Gasteiger partial charge in [0, 0.05) is 12.2 Å². The van der Waals surface area contributed by atoms with E-state index in [0.717, 1.165) is 17.4 Å². The van der Waals surface area contributed by atoms with E-state index in [1.807, 2.05) is 0 Å². The van der Waals surface area contributed by atoms with Crippen molar-refractivity contribution >= 4 is 15.9 Å². The Morgan fingerprint density at radius 2 is 2.44 bits per heavy atom. The van der Waals surface area contributed by atoms with E-state index in [-0.39, 0.29) is 0 Å². The van der Waals surface area contributed by atoms with Gasteiger partial charge in [-0.3, -0.25) is 0 Å². The Balaban J connectivity index is 1.73. The van der Waals surface area contributed by atoms with E-state index in [9.17, 15) is 0 Å². The van der Waals surface area contributed by atoms with E-state index < -0.39 is 0 Å². The van der Waals surface area contributed by atoms with E-state index >= 15 is 0 Å². The molecule has 1 aromatic heterocycles. The summed E-state index contributed by atoms with van der Waals surface area (Å²) in [5, 5.41) is 3.50. The van der Waals surface area contributed by atoms with Gasteiger partial charge in [0.1, 0.15) is 6.33 Å². The molecule has 88 valence electrons. The second kappa shape index (κ2) is 6.15. The average molecular weight is 286 g/mol. The standard InChI is InChI=1S/C11H16BrN3O/c12-10-7-13-8-15-11(10)16-6-4-9-3-1-2-5-14-9/h7-9,14H,1-6H2.